The Balaban J connectivity index is 2.01. The van der Waals surface area contributed by atoms with E-state index in [1.807, 2.05) is 0 Å². The fraction of sp³-hybridized carbons (Fsp3) is 0.0769. The van der Waals surface area contributed by atoms with Gasteiger partial charge >= 0.3 is 0 Å². The van der Waals surface area contributed by atoms with Crippen molar-refractivity contribution in [2.75, 3.05) is 0 Å². The molecule has 0 aliphatic heterocycles. The number of benzene rings is 4. The van der Waals surface area contributed by atoms with Crippen molar-refractivity contribution in [1.82, 2.24) is 4.57 Å². The van der Waals surface area contributed by atoms with Crippen molar-refractivity contribution in [3.05, 3.63) is 102 Å². The summed E-state index contributed by atoms with van der Waals surface area (Å²) in [6, 6.07) is 32.7. The van der Waals surface area contributed by atoms with Gasteiger partial charge in [0.15, 0.2) is 0 Å². The third kappa shape index (κ3) is 2.39. The lowest BCUT2D eigenvalue weighted by molar-refractivity contribution is 1.15. The lowest BCUT2D eigenvalue weighted by atomic mass is 9.98. The van der Waals surface area contributed by atoms with E-state index in [0.29, 0.717) is 0 Å². The number of nitrogens with zero attached hydrogens (tertiary/aromatic N) is 1. The van der Waals surface area contributed by atoms with Crippen LogP contribution >= 0.6 is 0 Å². The molecule has 1 heteroatoms. The summed E-state index contributed by atoms with van der Waals surface area (Å²) < 4.78 is 2.43. The van der Waals surface area contributed by atoms with Gasteiger partial charge in [0.1, 0.15) is 0 Å². The van der Waals surface area contributed by atoms with Crippen LogP contribution < -0.4 is 0 Å². The highest BCUT2D eigenvalue weighted by atomic mass is 15.0. The van der Waals surface area contributed by atoms with Gasteiger partial charge in [-0.05, 0) is 42.7 Å². The minimum absolute atomic E-state index is 1.24. The predicted molar refractivity (Wildman–Crippen MR) is 116 cm³/mol. The van der Waals surface area contributed by atoms with Crippen molar-refractivity contribution in [2.24, 2.45) is 0 Å². The van der Waals surface area contributed by atoms with Crippen LogP contribution in [0.1, 0.15) is 11.1 Å². The highest BCUT2D eigenvalue weighted by Gasteiger charge is 2.17. The van der Waals surface area contributed by atoms with Crippen molar-refractivity contribution in [3.63, 3.8) is 0 Å². The summed E-state index contributed by atoms with van der Waals surface area (Å²) in [5.74, 6) is 0. The van der Waals surface area contributed by atoms with Crippen LogP contribution in [-0.2, 0) is 0 Å². The second-order valence-corrected chi connectivity index (χ2v) is 7.16. The molecule has 0 spiro atoms. The van der Waals surface area contributed by atoms with E-state index in [2.05, 4.69) is 109 Å². The van der Waals surface area contributed by atoms with E-state index in [1.165, 1.54) is 49.7 Å². The number of aromatic nitrogens is 1. The van der Waals surface area contributed by atoms with Gasteiger partial charge in [0.2, 0.25) is 0 Å². The Morgan fingerprint density at radius 3 is 1.96 bits per heavy atom. The highest BCUT2D eigenvalue weighted by molar-refractivity contribution is 6.14. The zero-order valence-corrected chi connectivity index (χ0v) is 15.6. The Morgan fingerprint density at radius 2 is 1.15 bits per heavy atom. The average molecular weight is 347 g/mol. The molecule has 130 valence electrons. The second-order valence-electron chi connectivity index (χ2n) is 7.16. The topological polar surface area (TPSA) is 4.93 Å². The summed E-state index contributed by atoms with van der Waals surface area (Å²) in [6.07, 6.45) is 0. The molecule has 5 aromatic rings. The van der Waals surface area contributed by atoms with Gasteiger partial charge in [-0.1, -0.05) is 78.9 Å². The molecule has 0 atom stereocenters. The first-order valence-corrected chi connectivity index (χ1v) is 9.40. The van der Waals surface area contributed by atoms with Crippen LogP contribution in [0.3, 0.4) is 0 Å². The summed E-state index contributed by atoms with van der Waals surface area (Å²) in [4.78, 5) is 0. The average Bonchev–Trinajstić information content (AvgIpc) is 3.04. The predicted octanol–water partition coefficient (Wildman–Crippen LogP) is 7.07. The molecule has 1 aromatic heterocycles. The smallest absolute Gasteiger partial charge is 0.0619 e. The molecule has 27 heavy (non-hydrogen) atoms. The van der Waals surface area contributed by atoms with E-state index < -0.39 is 0 Å². The number of aryl methyl sites for hydroxylation is 2. The molecule has 0 fully saturated rings. The standard InChI is InChI=1S/C26H21N/c1-18-10-3-5-12-20(18)22-14-9-15-23-21-13-6-8-17-25(21)27(26(22)23)24-16-7-4-11-19(24)2/h3-17H,1-2H3. The van der Waals surface area contributed by atoms with E-state index in [4.69, 9.17) is 0 Å². The van der Waals surface area contributed by atoms with Crippen LogP contribution in [0.5, 0.6) is 0 Å². The zero-order valence-electron chi connectivity index (χ0n) is 15.6. The van der Waals surface area contributed by atoms with E-state index in [0.717, 1.165) is 0 Å². The molecule has 0 amide bonds. The van der Waals surface area contributed by atoms with Crippen LogP contribution in [0.2, 0.25) is 0 Å². The lowest BCUT2D eigenvalue weighted by Crippen LogP contribution is -1.98. The minimum atomic E-state index is 1.24. The van der Waals surface area contributed by atoms with Crippen LogP contribution in [-0.4, -0.2) is 4.57 Å². The fourth-order valence-corrected chi connectivity index (χ4v) is 4.18. The lowest BCUT2D eigenvalue weighted by Gasteiger charge is -2.14. The van der Waals surface area contributed by atoms with Crippen molar-refractivity contribution in [3.8, 4) is 16.8 Å². The number of para-hydroxylation sites is 3. The molecule has 1 nitrogen and oxygen atoms in total. The van der Waals surface area contributed by atoms with Gasteiger partial charge in [-0.15, -0.1) is 0 Å². The Hall–Kier alpha value is -3.32. The van der Waals surface area contributed by atoms with Crippen molar-refractivity contribution >= 4 is 21.8 Å². The number of rotatable bonds is 2. The number of hydrogen-bond donors (Lipinski definition) is 0. The third-order valence-electron chi connectivity index (χ3n) is 5.49. The number of fused-ring (bicyclic) bond motifs is 3. The van der Waals surface area contributed by atoms with Crippen molar-refractivity contribution in [2.45, 2.75) is 13.8 Å². The van der Waals surface area contributed by atoms with Crippen LogP contribution in [0, 0.1) is 13.8 Å². The molecule has 0 N–H and O–H groups in total. The summed E-state index contributed by atoms with van der Waals surface area (Å²) >= 11 is 0. The highest BCUT2D eigenvalue weighted by Crippen LogP contribution is 2.39. The third-order valence-corrected chi connectivity index (χ3v) is 5.49. The van der Waals surface area contributed by atoms with E-state index in [1.54, 1.807) is 0 Å². The first-order valence-electron chi connectivity index (χ1n) is 9.40. The molecule has 0 saturated carbocycles. The van der Waals surface area contributed by atoms with Crippen molar-refractivity contribution < 1.29 is 0 Å². The maximum absolute atomic E-state index is 2.43. The largest absolute Gasteiger partial charge is 0.308 e. The van der Waals surface area contributed by atoms with Gasteiger partial charge in [-0.3, -0.25) is 0 Å². The zero-order chi connectivity index (χ0) is 18.4. The van der Waals surface area contributed by atoms with Gasteiger partial charge in [-0.2, -0.15) is 0 Å². The Labute approximate surface area is 159 Å². The molecular weight excluding hydrogens is 326 g/mol. The monoisotopic (exact) mass is 347 g/mol. The molecule has 0 aliphatic rings. The van der Waals surface area contributed by atoms with Crippen LogP contribution in [0.4, 0.5) is 0 Å². The summed E-state index contributed by atoms with van der Waals surface area (Å²) in [6.45, 7) is 4.38. The molecule has 0 aliphatic carbocycles. The fourth-order valence-electron chi connectivity index (χ4n) is 4.18. The SMILES string of the molecule is Cc1ccccc1-c1cccc2c3ccccc3n(-c3ccccc3C)c12. The summed E-state index contributed by atoms with van der Waals surface area (Å²) in [5.41, 5.74) is 8.92. The molecule has 4 aromatic carbocycles. The van der Waals surface area contributed by atoms with Crippen LogP contribution in [0.15, 0.2) is 91.0 Å². The molecule has 5 rings (SSSR count). The molecule has 0 saturated heterocycles. The van der Waals surface area contributed by atoms with E-state index in [-0.39, 0.29) is 0 Å². The normalized spacial score (nSPS) is 11.3. The van der Waals surface area contributed by atoms with Crippen molar-refractivity contribution in [1.29, 1.82) is 0 Å². The Morgan fingerprint density at radius 1 is 0.519 bits per heavy atom. The van der Waals surface area contributed by atoms with E-state index >= 15 is 0 Å². The maximum atomic E-state index is 2.43. The molecule has 0 bridgehead atoms. The van der Waals surface area contributed by atoms with Gasteiger partial charge in [0.25, 0.3) is 0 Å². The second kappa shape index (κ2) is 6.14. The molecule has 1 heterocycles. The first-order chi connectivity index (χ1) is 13.3. The Kier molecular flexibility index (Phi) is 3.61. The maximum Gasteiger partial charge on any atom is 0.0619 e. The molecule has 0 unspecified atom stereocenters. The number of hydrogen-bond acceptors (Lipinski definition) is 0. The van der Waals surface area contributed by atoms with Gasteiger partial charge < -0.3 is 4.57 Å². The first kappa shape index (κ1) is 15.9. The molecular formula is C26H21N. The molecule has 0 radical (unpaired) electrons. The van der Waals surface area contributed by atoms with Gasteiger partial charge in [-0.25, -0.2) is 0 Å². The quantitative estimate of drug-likeness (QED) is 0.322. The summed E-state index contributed by atoms with van der Waals surface area (Å²) in [7, 11) is 0. The van der Waals surface area contributed by atoms with Crippen LogP contribution in [0.25, 0.3) is 38.6 Å². The summed E-state index contributed by atoms with van der Waals surface area (Å²) in [5, 5.41) is 2.60. The Bertz CT molecular complexity index is 1290. The minimum Gasteiger partial charge on any atom is -0.308 e. The van der Waals surface area contributed by atoms with E-state index in [9.17, 15) is 0 Å². The van der Waals surface area contributed by atoms with Gasteiger partial charge in [0, 0.05) is 22.0 Å². The van der Waals surface area contributed by atoms with Gasteiger partial charge in [0.05, 0.1) is 11.0 Å².